The zero-order valence-electron chi connectivity index (χ0n) is 14.1. The number of halogens is 1. The highest BCUT2D eigenvalue weighted by Gasteiger charge is 2.15. The summed E-state index contributed by atoms with van der Waals surface area (Å²) < 4.78 is 27.3. The van der Waals surface area contributed by atoms with E-state index in [0.717, 1.165) is 35.0 Å². The lowest BCUT2D eigenvalue weighted by Crippen LogP contribution is -2.41. The minimum atomic E-state index is -3.77. The van der Waals surface area contributed by atoms with Gasteiger partial charge in [0.2, 0.25) is 15.9 Å². The second-order valence-corrected chi connectivity index (χ2v) is 8.84. The molecule has 0 atom stereocenters. The van der Waals surface area contributed by atoms with Crippen LogP contribution in [0.3, 0.4) is 0 Å². The largest absolute Gasteiger partial charge is 0.346 e. The van der Waals surface area contributed by atoms with Crippen molar-refractivity contribution in [1.29, 1.82) is 0 Å². The van der Waals surface area contributed by atoms with Crippen LogP contribution in [0.2, 0.25) is 0 Å². The van der Waals surface area contributed by atoms with Gasteiger partial charge in [0.05, 0.1) is 18.0 Å². The first-order valence-corrected chi connectivity index (χ1v) is 10.8. The van der Waals surface area contributed by atoms with E-state index < -0.39 is 28.4 Å². The molecule has 1 aliphatic rings. The number of benzene rings is 1. The predicted molar refractivity (Wildman–Crippen MR) is 106 cm³/mol. The molecule has 0 aliphatic heterocycles. The van der Waals surface area contributed by atoms with Gasteiger partial charge in [0, 0.05) is 9.28 Å². The lowest BCUT2D eigenvalue weighted by atomic mass is 9.99. The molecule has 0 heterocycles. The summed E-state index contributed by atoms with van der Waals surface area (Å²) in [5, 5.41) is 6.40. The highest BCUT2D eigenvalue weighted by molar-refractivity contribution is 14.1. The monoisotopic (exact) mass is 492 g/mol. The van der Waals surface area contributed by atoms with Gasteiger partial charge in [-0.2, -0.15) is 5.10 Å². The third-order valence-corrected chi connectivity index (χ3v) is 5.90. The Morgan fingerprint density at radius 1 is 1.00 bits per heavy atom. The first kappa shape index (κ1) is 20.8. The van der Waals surface area contributed by atoms with Gasteiger partial charge >= 0.3 is 0 Å². The Morgan fingerprint density at radius 3 is 2.31 bits per heavy atom. The first-order chi connectivity index (χ1) is 12.4. The fraction of sp³-hybridized carbons (Fsp3) is 0.438. The molecule has 26 heavy (non-hydrogen) atoms. The van der Waals surface area contributed by atoms with Crippen LogP contribution in [-0.4, -0.2) is 39.0 Å². The van der Waals surface area contributed by atoms with Gasteiger partial charge in [0.1, 0.15) is 0 Å². The molecule has 0 bridgehead atoms. The van der Waals surface area contributed by atoms with Crippen molar-refractivity contribution in [1.82, 2.24) is 15.5 Å². The summed E-state index contributed by atoms with van der Waals surface area (Å²) in [6.07, 6.45) is 5.10. The number of carbonyl (C=O) groups is 2. The molecule has 1 aromatic carbocycles. The Labute approximate surface area is 166 Å². The van der Waals surface area contributed by atoms with E-state index >= 15 is 0 Å². The summed E-state index contributed by atoms with van der Waals surface area (Å²) in [4.78, 5) is 23.5. The van der Waals surface area contributed by atoms with Gasteiger partial charge in [-0.3, -0.25) is 9.59 Å². The fourth-order valence-electron chi connectivity index (χ4n) is 2.35. The predicted octanol–water partition coefficient (Wildman–Crippen LogP) is 1.12. The Hall–Kier alpha value is -1.53. The van der Waals surface area contributed by atoms with Gasteiger partial charge in [-0.05, 0) is 72.5 Å². The normalized spacial score (nSPS) is 14.6. The maximum Gasteiger partial charge on any atom is 0.259 e. The molecule has 0 aromatic heterocycles. The summed E-state index contributed by atoms with van der Waals surface area (Å²) >= 11 is 2.07. The van der Waals surface area contributed by atoms with E-state index in [0.29, 0.717) is 0 Å². The van der Waals surface area contributed by atoms with E-state index in [-0.39, 0.29) is 11.4 Å². The number of sulfonamides is 1. The van der Waals surface area contributed by atoms with Crippen LogP contribution in [0.5, 0.6) is 0 Å². The molecular weight excluding hydrogens is 471 g/mol. The summed E-state index contributed by atoms with van der Waals surface area (Å²) in [6, 6.07) is 6.24. The van der Waals surface area contributed by atoms with Crippen LogP contribution in [0.25, 0.3) is 0 Å². The number of carbonyl (C=O) groups excluding carboxylic acids is 2. The number of hydrazone groups is 1. The molecule has 1 aromatic rings. The molecule has 8 nitrogen and oxygen atoms in total. The van der Waals surface area contributed by atoms with Crippen molar-refractivity contribution in [3.05, 3.63) is 27.8 Å². The van der Waals surface area contributed by atoms with Crippen LogP contribution in [0.1, 0.15) is 32.1 Å². The van der Waals surface area contributed by atoms with Gasteiger partial charge in [0.25, 0.3) is 5.91 Å². The smallest absolute Gasteiger partial charge is 0.259 e. The lowest BCUT2D eigenvalue weighted by molar-refractivity contribution is -0.125. The molecule has 0 unspecified atom stereocenters. The lowest BCUT2D eigenvalue weighted by Gasteiger charge is -2.12. The zero-order chi connectivity index (χ0) is 19.0. The van der Waals surface area contributed by atoms with Crippen LogP contribution < -0.4 is 15.5 Å². The van der Waals surface area contributed by atoms with Crippen molar-refractivity contribution >= 4 is 50.1 Å². The van der Waals surface area contributed by atoms with Crippen LogP contribution in [0.4, 0.5) is 0 Å². The fourth-order valence-corrected chi connectivity index (χ4v) is 3.69. The number of nitrogens with zero attached hydrogens (tertiary/aromatic N) is 1. The van der Waals surface area contributed by atoms with Crippen molar-refractivity contribution in [3.63, 3.8) is 0 Å². The van der Waals surface area contributed by atoms with E-state index in [1.807, 2.05) is 0 Å². The molecular formula is C16H21IN4O4S. The number of amides is 2. The molecule has 10 heteroatoms. The minimum Gasteiger partial charge on any atom is -0.346 e. The quantitative estimate of drug-likeness (QED) is 0.391. The van der Waals surface area contributed by atoms with E-state index in [1.54, 1.807) is 12.1 Å². The number of rotatable bonds is 7. The second-order valence-electron chi connectivity index (χ2n) is 5.83. The van der Waals surface area contributed by atoms with Crippen molar-refractivity contribution in [2.24, 2.45) is 5.10 Å². The van der Waals surface area contributed by atoms with Crippen molar-refractivity contribution in [2.75, 3.05) is 13.1 Å². The summed E-state index contributed by atoms with van der Waals surface area (Å²) in [5.41, 5.74) is 3.37. The average Bonchev–Trinajstić information content (AvgIpc) is 2.64. The van der Waals surface area contributed by atoms with E-state index in [9.17, 15) is 18.0 Å². The van der Waals surface area contributed by atoms with E-state index in [1.165, 1.54) is 18.6 Å². The zero-order valence-corrected chi connectivity index (χ0v) is 17.1. The summed E-state index contributed by atoms with van der Waals surface area (Å²) in [5.74, 6) is -1.04. The summed E-state index contributed by atoms with van der Waals surface area (Å²) in [7, 11) is -3.77. The van der Waals surface area contributed by atoms with Crippen LogP contribution in [0.15, 0.2) is 34.3 Å². The van der Waals surface area contributed by atoms with Crippen molar-refractivity contribution in [3.8, 4) is 0 Å². The molecule has 1 fully saturated rings. The van der Waals surface area contributed by atoms with Gasteiger partial charge in [0.15, 0.2) is 0 Å². The van der Waals surface area contributed by atoms with Gasteiger partial charge in [-0.1, -0.05) is 6.42 Å². The van der Waals surface area contributed by atoms with Gasteiger partial charge in [-0.25, -0.2) is 18.6 Å². The topological polar surface area (TPSA) is 117 Å². The highest BCUT2D eigenvalue weighted by Crippen LogP contribution is 2.14. The molecule has 0 saturated heterocycles. The van der Waals surface area contributed by atoms with Crippen LogP contribution in [0, 0.1) is 3.57 Å². The molecule has 2 amide bonds. The third kappa shape index (κ3) is 7.00. The van der Waals surface area contributed by atoms with Crippen LogP contribution >= 0.6 is 22.6 Å². The molecule has 0 spiro atoms. The molecule has 0 radical (unpaired) electrons. The summed E-state index contributed by atoms with van der Waals surface area (Å²) in [6.45, 7) is -0.711. The Morgan fingerprint density at radius 2 is 1.65 bits per heavy atom. The SMILES string of the molecule is O=C(CNS(=O)(=O)c1ccc(I)cc1)NCC(=O)NN=C1CCCCC1. The molecule has 1 saturated carbocycles. The van der Waals surface area contributed by atoms with E-state index in [4.69, 9.17) is 0 Å². The first-order valence-electron chi connectivity index (χ1n) is 8.23. The number of nitrogens with one attached hydrogen (secondary N) is 3. The standard InChI is InChI=1S/C16H21IN4O4S/c17-12-6-8-14(9-7-12)26(24,25)19-11-15(22)18-10-16(23)21-20-13-4-2-1-3-5-13/h6-9,19H,1-5,10-11H2,(H,18,22)(H,21,23). The average molecular weight is 492 g/mol. The van der Waals surface area contributed by atoms with Crippen molar-refractivity contribution < 1.29 is 18.0 Å². The van der Waals surface area contributed by atoms with Crippen molar-refractivity contribution in [2.45, 2.75) is 37.0 Å². The molecule has 142 valence electrons. The Kier molecular flexibility index (Phi) is 7.97. The number of hydrogen-bond acceptors (Lipinski definition) is 5. The minimum absolute atomic E-state index is 0.0757. The second kappa shape index (κ2) is 9.97. The third-order valence-electron chi connectivity index (χ3n) is 3.76. The Bertz CT molecular complexity index is 770. The highest BCUT2D eigenvalue weighted by atomic mass is 127. The molecule has 3 N–H and O–H groups in total. The van der Waals surface area contributed by atoms with Crippen LogP contribution in [-0.2, 0) is 19.6 Å². The van der Waals surface area contributed by atoms with Gasteiger partial charge in [-0.15, -0.1) is 0 Å². The Balaban J connectivity index is 1.72. The number of hydrogen-bond donors (Lipinski definition) is 3. The molecule has 2 rings (SSSR count). The van der Waals surface area contributed by atoms with Gasteiger partial charge < -0.3 is 5.32 Å². The maximum atomic E-state index is 12.1. The molecule has 1 aliphatic carbocycles. The maximum absolute atomic E-state index is 12.1. The van der Waals surface area contributed by atoms with E-state index in [2.05, 4.69) is 43.2 Å².